The average Bonchev–Trinajstić information content (AvgIpc) is 2.58. The van der Waals surface area contributed by atoms with Crippen molar-refractivity contribution >= 4 is 18.4 Å². The molecule has 0 aliphatic rings. The van der Waals surface area contributed by atoms with Crippen LogP contribution in [-0.4, -0.2) is 39.8 Å². The van der Waals surface area contributed by atoms with Crippen LogP contribution in [0.2, 0.25) is 13.3 Å². The SMILES string of the molecule is C=C[C@@H](C)[CH](O[C@H](C)C[C@@H](C)O)[Sn]([CH2]CCC)([CH2]CCC)[CH2]CCC. The summed E-state index contributed by atoms with van der Waals surface area (Å²) >= 11 is -2.48. The molecule has 4 atom stereocenters. The molecule has 0 rings (SSSR count). The first-order valence-electron chi connectivity index (χ1n) is 10.8. The Kier molecular flexibility index (Phi) is 14.8. The van der Waals surface area contributed by atoms with Crippen LogP contribution in [0.1, 0.15) is 86.5 Å². The fourth-order valence-corrected chi connectivity index (χ4v) is 22.8. The van der Waals surface area contributed by atoms with E-state index in [1.807, 2.05) is 6.92 Å². The Morgan fingerprint density at radius 1 is 0.920 bits per heavy atom. The molecule has 0 aromatic carbocycles. The molecule has 1 N–H and O–H groups in total. The molecule has 0 saturated heterocycles. The van der Waals surface area contributed by atoms with Crippen LogP contribution in [0, 0.1) is 5.92 Å². The van der Waals surface area contributed by atoms with Crippen molar-refractivity contribution in [2.45, 2.75) is 116 Å². The number of rotatable bonds is 16. The fraction of sp³-hybridized carbons (Fsp3) is 0.909. The number of aliphatic hydroxyl groups is 1. The Bertz CT molecular complexity index is 308. The second-order valence-electron chi connectivity index (χ2n) is 8.22. The molecule has 0 amide bonds. The van der Waals surface area contributed by atoms with Gasteiger partial charge in [-0.25, -0.2) is 0 Å². The van der Waals surface area contributed by atoms with Crippen molar-refractivity contribution in [2.24, 2.45) is 5.92 Å². The van der Waals surface area contributed by atoms with Gasteiger partial charge in [0, 0.05) is 0 Å². The van der Waals surface area contributed by atoms with E-state index in [0.717, 1.165) is 6.42 Å². The molecule has 1 unspecified atom stereocenters. The van der Waals surface area contributed by atoms with Crippen molar-refractivity contribution in [3.05, 3.63) is 12.7 Å². The summed E-state index contributed by atoms with van der Waals surface area (Å²) in [5.74, 6) is 0.429. The summed E-state index contributed by atoms with van der Waals surface area (Å²) in [7, 11) is 0. The molecule has 2 nitrogen and oxygen atoms in total. The van der Waals surface area contributed by atoms with Crippen LogP contribution >= 0.6 is 0 Å². The molecular weight excluding hydrogens is 415 g/mol. The minimum absolute atomic E-state index is 0.133. The van der Waals surface area contributed by atoms with Crippen molar-refractivity contribution < 1.29 is 9.84 Å². The molecule has 150 valence electrons. The number of aliphatic hydroxyl groups excluding tert-OH is 1. The van der Waals surface area contributed by atoms with Crippen molar-refractivity contribution in [1.82, 2.24) is 0 Å². The predicted molar refractivity (Wildman–Crippen MR) is 115 cm³/mol. The van der Waals surface area contributed by atoms with Crippen molar-refractivity contribution in [3.63, 3.8) is 0 Å². The van der Waals surface area contributed by atoms with Crippen molar-refractivity contribution in [2.75, 3.05) is 0 Å². The molecule has 0 radical (unpaired) electrons. The molecule has 0 heterocycles. The van der Waals surface area contributed by atoms with Gasteiger partial charge in [0.15, 0.2) is 0 Å². The first-order valence-corrected chi connectivity index (χ1v) is 18.5. The van der Waals surface area contributed by atoms with Crippen LogP contribution in [0.4, 0.5) is 0 Å². The van der Waals surface area contributed by atoms with Crippen LogP contribution in [0.5, 0.6) is 0 Å². The minimum atomic E-state index is -2.48. The van der Waals surface area contributed by atoms with Gasteiger partial charge in [0.05, 0.1) is 0 Å². The van der Waals surface area contributed by atoms with Crippen molar-refractivity contribution in [3.8, 4) is 0 Å². The van der Waals surface area contributed by atoms with E-state index in [-0.39, 0.29) is 12.2 Å². The molecule has 0 aromatic rings. The Morgan fingerprint density at radius 2 is 1.36 bits per heavy atom. The van der Waals surface area contributed by atoms with Gasteiger partial charge in [0.25, 0.3) is 0 Å². The van der Waals surface area contributed by atoms with E-state index in [1.54, 1.807) is 0 Å². The van der Waals surface area contributed by atoms with Gasteiger partial charge in [-0.15, -0.1) is 0 Å². The van der Waals surface area contributed by atoms with E-state index in [2.05, 4.69) is 47.3 Å². The zero-order valence-electron chi connectivity index (χ0n) is 18.0. The quantitative estimate of drug-likeness (QED) is 0.204. The molecular formula is C22H46O2Sn. The first-order chi connectivity index (χ1) is 11.9. The second-order valence-corrected chi connectivity index (χ2v) is 21.9. The Labute approximate surface area is 162 Å². The third-order valence-electron chi connectivity index (χ3n) is 5.59. The molecule has 0 bridgehead atoms. The summed E-state index contributed by atoms with van der Waals surface area (Å²) in [6.07, 6.45) is 10.6. The third-order valence-corrected chi connectivity index (χ3v) is 22.5. The van der Waals surface area contributed by atoms with E-state index < -0.39 is 18.4 Å². The van der Waals surface area contributed by atoms with Gasteiger partial charge in [-0.05, 0) is 0 Å². The fourth-order valence-electron chi connectivity index (χ4n) is 4.12. The zero-order chi connectivity index (χ0) is 19.3. The van der Waals surface area contributed by atoms with Gasteiger partial charge in [-0.1, -0.05) is 0 Å². The second kappa shape index (κ2) is 14.5. The van der Waals surface area contributed by atoms with E-state index in [4.69, 9.17) is 4.74 Å². The molecule has 0 aliphatic heterocycles. The van der Waals surface area contributed by atoms with Gasteiger partial charge in [0.2, 0.25) is 0 Å². The van der Waals surface area contributed by atoms with Gasteiger partial charge in [-0.2, -0.15) is 0 Å². The van der Waals surface area contributed by atoms with Crippen LogP contribution in [0.3, 0.4) is 0 Å². The topological polar surface area (TPSA) is 29.5 Å². The summed E-state index contributed by atoms with van der Waals surface area (Å²) < 4.78 is 11.5. The summed E-state index contributed by atoms with van der Waals surface area (Å²) in [6, 6.07) is 0. The van der Waals surface area contributed by atoms with Crippen LogP contribution in [0.15, 0.2) is 12.7 Å². The molecule has 25 heavy (non-hydrogen) atoms. The summed E-state index contributed by atoms with van der Waals surface area (Å²) in [4.78, 5) is 0. The molecule has 0 aliphatic carbocycles. The van der Waals surface area contributed by atoms with E-state index in [1.165, 1.54) is 51.8 Å². The van der Waals surface area contributed by atoms with E-state index in [9.17, 15) is 5.11 Å². The molecule has 0 fully saturated rings. The number of ether oxygens (including phenoxy) is 1. The summed E-state index contributed by atoms with van der Waals surface area (Å²) in [5.41, 5.74) is 0. The Balaban J connectivity index is 5.59. The van der Waals surface area contributed by atoms with Gasteiger partial charge >= 0.3 is 163 Å². The molecule has 0 saturated carbocycles. The maximum absolute atomic E-state index is 9.78. The molecule has 3 heteroatoms. The van der Waals surface area contributed by atoms with E-state index >= 15 is 0 Å². The van der Waals surface area contributed by atoms with Gasteiger partial charge < -0.3 is 0 Å². The predicted octanol–water partition coefficient (Wildman–Crippen LogP) is 6.74. The van der Waals surface area contributed by atoms with Crippen molar-refractivity contribution in [1.29, 1.82) is 0 Å². The Hall–Kier alpha value is 0.459. The molecule has 0 spiro atoms. The summed E-state index contributed by atoms with van der Waals surface area (Å²) in [5, 5.41) is 9.78. The number of hydrogen-bond acceptors (Lipinski definition) is 2. The zero-order valence-corrected chi connectivity index (χ0v) is 20.9. The standard InChI is InChI=1S/C10H19O2.3C4H9.Sn/c1-5-8(2)7-12-10(4)6-9(3)11;3*1-3-4-2;/h5,7-11H,1,6H2,2-4H3;3*1,3-4H2,2H3;/t8-,9-,10-;;;;/m1..../s1. The third kappa shape index (κ3) is 9.81. The monoisotopic (exact) mass is 462 g/mol. The maximum atomic E-state index is 9.78. The van der Waals surface area contributed by atoms with Gasteiger partial charge in [-0.3, -0.25) is 0 Å². The molecule has 0 aromatic heterocycles. The van der Waals surface area contributed by atoms with Gasteiger partial charge in [0.1, 0.15) is 0 Å². The first kappa shape index (κ1) is 25.5. The Morgan fingerprint density at radius 3 is 1.68 bits per heavy atom. The summed E-state index contributed by atoms with van der Waals surface area (Å²) in [6.45, 7) is 17.4. The number of unbranched alkanes of at least 4 members (excludes halogenated alkanes) is 3. The van der Waals surface area contributed by atoms with Crippen LogP contribution in [0.25, 0.3) is 0 Å². The van der Waals surface area contributed by atoms with E-state index in [0.29, 0.717) is 10.0 Å². The average molecular weight is 461 g/mol. The normalized spacial score (nSPS) is 17.1. The number of hydrogen-bond donors (Lipinski definition) is 1. The van der Waals surface area contributed by atoms with Crippen LogP contribution in [-0.2, 0) is 4.74 Å². The van der Waals surface area contributed by atoms with Crippen LogP contribution < -0.4 is 0 Å².